The summed E-state index contributed by atoms with van der Waals surface area (Å²) in [5.41, 5.74) is 6.02. The minimum absolute atomic E-state index is 0.0213. The van der Waals surface area contributed by atoms with E-state index < -0.39 is 4.92 Å². The van der Waals surface area contributed by atoms with Gasteiger partial charge in [-0.25, -0.2) is 0 Å². The van der Waals surface area contributed by atoms with E-state index in [2.05, 4.69) is 6.92 Å². The van der Waals surface area contributed by atoms with Crippen molar-refractivity contribution < 1.29 is 9.66 Å². The zero-order valence-electron chi connectivity index (χ0n) is 18.5. The fraction of sp³-hybridized carbons (Fsp3) is 0.750. The van der Waals surface area contributed by atoms with Gasteiger partial charge in [0, 0.05) is 17.8 Å². The molecular weight excluding hydrogens is 364 g/mol. The lowest BCUT2D eigenvalue weighted by molar-refractivity contribution is -0.384. The van der Waals surface area contributed by atoms with Crippen LogP contribution in [-0.2, 0) is 0 Å². The van der Waals surface area contributed by atoms with Crippen LogP contribution >= 0.6 is 0 Å². The molecule has 0 radical (unpaired) electrons. The van der Waals surface area contributed by atoms with Crippen LogP contribution in [0.5, 0.6) is 5.75 Å². The van der Waals surface area contributed by atoms with Crippen molar-refractivity contribution in [3.8, 4) is 5.75 Å². The number of nitrogens with zero attached hydrogens (tertiary/aromatic N) is 1. The number of rotatable bonds is 19. The highest BCUT2D eigenvalue weighted by atomic mass is 16.6. The van der Waals surface area contributed by atoms with Crippen molar-refractivity contribution in [1.29, 1.82) is 0 Å². The molecule has 5 nitrogen and oxygen atoms in total. The Kier molecular flexibility index (Phi) is 14.9. The first-order chi connectivity index (χ1) is 14.1. The second-order valence-corrected chi connectivity index (χ2v) is 8.17. The predicted molar refractivity (Wildman–Crippen MR) is 123 cm³/mol. The molecule has 0 fully saturated rings. The van der Waals surface area contributed by atoms with Gasteiger partial charge in [-0.2, -0.15) is 0 Å². The number of nitrogen functional groups attached to an aromatic ring is 1. The van der Waals surface area contributed by atoms with Crippen molar-refractivity contribution in [3.05, 3.63) is 28.3 Å². The minimum Gasteiger partial charge on any atom is -0.493 e. The van der Waals surface area contributed by atoms with Crippen molar-refractivity contribution in [2.24, 2.45) is 0 Å². The molecule has 0 atom stereocenters. The van der Waals surface area contributed by atoms with Crippen LogP contribution in [0.1, 0.15) is 110 Å². The maximum Gasteiger partial charge on any atom is 0.275 e. The summed E-state index contributed by atoms with van der Waals surface area (Å²) < 4.78 is 5.61. The summed E-state index contributed by atoms with van der Waals surface area (Å²) in [5, 5.41) is 10.8. The van der Waals surface area contributed by atoms with Gasteiger partial charge < -0.3 is 10.5 Å². The van der Waals surface area contributed by atoms with Crippen LogP contribution in [0.2, 0.25) is 0 Å². The van der Waals surface area contributed by atoms with Crippen molar-refractivity contribution in [1.82, 2.24) is 0 Å². The number of hydrogen-bond donors (Lipinski definition) is 1. The molecule has 0 aromatic heterocycles. The summed E-state index contributed by atoms with van der Waals surface area (Å²) in [7, 11) is 0. The highest BCUT2D eigenvalue weighted by Crippen LogP contribution is 2.24. The van der Waals surface area contributed by atoms with E-state index in [0.717, 1.165) is 12.8 Å². The Morgan fingerprint density at radius 2 is 1.21 bits per heavy atom. The van der Waals surface area contributed by atoms with Gasteiger partial charge in [0.2, 0.25) is 0 Å². The van der Waals surface area contributed by atoms with Crippen LogP contribution in [0.25, 0.3) is 0 Å². The maximum absolute atomic E-state index is 10.8. The second kappa shape index (κ2) is 17.1. The number of ether oxygens (including phenoxy) is 1. The topological polar surface area (TPSA) is 78.4 Å². The maximum atomic E-state index is 10.8. The van der Waals surface area contributed by atoms with E-state index in [4.69, 9.17) is 10.5 Å². The van der Waals surface area contributed by atoms with Crippen molar-refractivity contribution >= 4 is 11.4 Å². The third-order valence-electron chi connectivity index (χ3n) is 5.39. The molecule has 0 heterocycles. The number of benzene rings is 1. The van der Waals surface area contributed by atoms with E-state index in [1.54, 1.807) is 6.07 Å². The Morgan fingerprint density at radius 1 is 0.759 bits per heavy atom. The van der Waals surface area contributed by atoms with E-state index in [9.17, 15) is 10.1 Å². The quantitative estimate of drug-likeness (QED) is 0.110. The van der Waals surface area contributed by atoms with Gasteiger partial charge in [0.15, 0.2) is 0 Å². The van der Waals surface area contributed by atoms with Crippen LogP contribution in [0.15, 0.2) is 18.2 Å². The molecule has 0 amide bonds. The van der Waals surface area contributed by atoms with E-state index in [0.29, 0.717) is 18.0 Å². The third kappa shape index (κ3) is 13.9. The first kappa shape index (κ1) is 25.3. The lowest BCUT2D eigenvalue weighted by Crippen LogP contribution is -1.99. The largest absolute Gasteiger partial charge is 0.493 e. The summed E-state index contributed by atoms with van der Waals surface area (Å²) in [6.45, 7) is 2.85. The lowest BCUT2D eigenvalue weighted by atomic mass is 10.0. The zero-order chi connectivity index (χ0) is 21.2. The van der Waals surface area contributed by atoms with Gasteiger partial charge in [-0.3, -0.25) is 10.1 Å². The second-order valence-electron chi connectivity index (χ2n) is 8.17. The van der Waals surface area contributed by atoms with E-state index in [-0.39, 0.29) is 5.69 Å². The Hall–Kier alpha value is -1.78. The lowest BCUT2D eigenvalue weighted by Gasteiger charge is -2.07. The Morgan fingerprint density at radius 3 is 1.66 bits per heavy atom. The summed E-state index contributed by atoms with van der Waals surface area (Å²) in [6, 6.07) is 4.42. The molecule has 0 unspecified atom stereocenters. The molecule has 0 bridgehead atoms. The van der Waals surface area contributed by atoms with Crippen molar-refractivity contribution in [2.45, 2.75) is 110 Å². The molecule has 0 saturated heterocycles. The smallest absolute Gasteiger partial charge is 0.275 e. The van der Waals surface area contributed by atoms with Crippen LogP contribution in [-0.4, -0.2) is 11.5 Å². The summed E-state index contributed by atoms with van der Waals surface area (Å²) in [5.74, 6) is 0.484. The molecule has 0 aliphatic rings. The Balaban J connectivity index is 1.87. The highest BCUT2D eigenvalue weighted by molar-refractivity contribution is 5.53. The minimum atomic E-state index is -0.447. The summed E-state index contributed by atoms with van der Waals surface area (Å²) in [4.78, 5) is 10.4. The molecule has 2 N–H and O–H groups in total. The van der Waals surface area contributed by atoms with E-state index in [1.165, 1.54) is 102 Å². The van der Waals surface area contributed by atoms with Gasteiger partial charge in [0.1, 0.15) is 5.75 Å². The van der Waals surface area contributed by atoms with Gasteiger partial charge in [-0.1, -0.05) is 103 Å². The standard InChI is InChI=1S/C24H42N2O3/c1-2-3-4-5-6-7-8-9-10-11-12-13-14-15-16-17-18-29-24-20-22(25)19-23(21-24)26(27)28/h19-21H,2-18,25H2,1H3. The van der Waals surface area contributed by atoms with E-state index >= 15 is 0 Å². The average Bonchev–Trinajstić information content (AvgIpc) is 2.70. The molecule has 1 rings (SSSR count). The van der Waals surface area contributed by atoms with E-state index in [1.807, 2.05) is 0 Å². The molecule has 5 heteroatoms. The molecule has 1 aromatic carbocycles. The number of nitro benzene ring substituents is 1. The van der Waals surface area contributed by atoms with Gasteiger partial charge in [-0.05, 0) is 6.42 Å². The SMILES string of the molecule is CCCCCCCCCCCCCCCCCCOc1cc(N)cc([N+](=O)[O-])c1. The molecule has 0 aliphatic heterocycles. The predicted octanol–water partition coefficient (Wildman–Crippen LogP) is 7.82. The van der Waals surface area contributed by atoms with Crippen molar-refractivity contribution in [2.75, 3.05) is 12.3 Å². The number of unbranched alkanes of at least 4 members (excludes halogenated alkanes) is 15. The van der Waals surface area contributed by atoms with Crippen LogP contribution in [0.3, 0.4) is 0 Å². The Labute approximate surface area is 177 Å². The number of non-ortho nitro benzene ring substituents is 1. The molecule has 1 aromatic rings. The van der Waals surface area contributed by atoms with Crippen LogP contribution in [0, 0.1) is 10.1 Å². The average molecular weight is 407 g/mol. The molecule has 166 valence electrons. The van der Waals surface area contributed by atoms with Gasteiger partial charge in [0.05, 0.1) is 17.6 Å². The summed E-state index contributed by atoms with van der Waals surface area (Å²) >= 11 is 0. The summed E-state index contributed by atoms with van der Waals surface area (Å²) in [6.07, 6.45) is 21.4. The highest BCUT2D eigenvalue weighted by Gasteiger charge is 2.09. The fourth-order valence-electron chi connectivity index (χ4n) is 3.63. The molecular formula is C24H42N2O3. The number of anilines is 1. The molecule has 0 spiro atoms. The number of nitro groups is 1. The van der Waals surface area contributed by atoms with Crippen LogP contribution in [0.4, 0.5) is 11.4 Å². The van der Waals surface area contributed by atoms with Crippen molar-refractivity contribution in [3.63, 3.8) is 0 Å². The monoisotopic (exact) mass is 406 g/mol. The Bertz CT molecular complexity index is 549. The molecule has 0 saturated carbocycles. The zero-order valence-corrected chi connectivity index (χ0v) is 18.5. The van der Waals surface area contributed by atoms with Gasteiger partial charge in [0.25, 0.3) is 5.69 Å². The number of hydrogen-bond acceptors (Lipinski definition) is 4. The fourth-order valence-corrected chi connectivity index (χ4v) is 3.63. The number of nitrogens with two attached hydrogens (primary N) is 1. The first-order valence-corrected chi connectivity index (χ1v) is 11.8. The first-order valence-electron chi connectivity index (χ1n) is 11.8. The normalized spacial score (nSPS) is 10.9. The molecule has 0 aliphatic carbocycles. The third-order valence-corrected chi connectivity index (χ3v) is 5.39. The van der Waals surface area contributed by atoms with Gasteiger partial charge in [-0.15, -0.1) is 0 Å². The molecule has 29 heavy (non-hydrogen) atoms. The van der Waals surface area contributed by atoms with Crippen LogP contribution < -0.4 is 10.5 Å². The van der Waals surface area contributed by atoms with Gasteiger partial charge >= 0.3 is 0 Å².